The molecule has 1 heterocycles. The summed E-state index contributed by atoms with van der Waals surface area (Å²) in [5.74, 6) is -0.409. The van der Waals surface area contributed by atoms with Gasteiger partial charge in [0.25, 0.3) is 0 Å². The molecule has 0 bridgehead atoms. The van der Waals surface area contributed by atoms with E-state index in [1.165, 1.54) is 0 Å². The van der Waals surface area contributed by atoms with Gasteiger partial charge in [-0.3, -0.25) is 19.8 Å². The lowest BCUT2D eigenvalue weighted by molar-refractivity contribution is -0.136. The first-order chi connectivity index (χ1) is 6.22. The highest BCUT2D eigenvalue weighted by Crippen LogP contribution is 1.97. The molecule has 0 atom stereocenters. The van der Waals surface area contributed by atoms with Gasteiger partial charge in [0.05, 0.1) is 13.1 Å². The number of carbonyl (C=O) groups is 2. The number of nitrogens with one attached hydrogen (secondary N) is 1. The Balaban J connectivity index is 2.25. The molecule has 1 aliphatic heterocycles. The van der Waals surface area contributed by atoms with Crippen LogP contribution in [0.2, 0.25) is 0 Å². The maximum atomic E-state index is 10.9. The molecule has 74 valence electrons. The van der Waals surface area contributed by atoms with E-state index in [1.54, 1.807) is 0 Å². The van der Waals surface area contributed by atoms with Gasteiger partial charge in [-0.05, 0) is 25.9 Å². The molecule has 5 heteroatoms. The lowest BCUT2D eigenvalue weighted by Gasteiger charge is -2.24. The highest BCUT2D eigenvalue weighted by Gasteiger charge is 2.21. The molecule has 0 radical (unpaired) electrons. The smallest absolute Gasteiger partial charge is 0.240 e. The van der Waals surface area contributed by atoms with Crippen molar-refractivity contribution in [2.45, 2.75) is 12.8 Å². The summed E-state index contributed by atoms with van der Waals surface area (Å²) in [6, 6.07) is 0. The Hall–Kier alpha value is -0.940. The number of unbranched alkanes of at least 4 members (excludes halogenated alkanes) is 1. The molecule has 0 spiro atoms. The molecule has 0 aromatic heterocycles. The van der Waals surface area contributed by atoms with Crippen molar-refractivity contribution in [1.82, 2.24) is 10.2 Å². The van der Waals surface area contributed by atoms with Crippen molar-refractivity contribution in [3.05, 3.63) is 0 Å². The van der Waals surface area contributed by atoms with E-state index in [0.717, 1.165) is 19.4 Å². The molecule has 0 aromatic carbocycles. The number of hydrogen-bond donors (Lipinski definition) is 2. The third-order valence-electron chi connectivity index (χ3n) is 1.94. The fraction of sp³-hybridized carbons (Fsp3) is 0.750. The van der Waals surface area contributed by atoms with E-state index in [2.05, 4.69) is 5.32 Å². The average Bonchev–Trinajstić information content (AvgIpc) is 2.03. The predicted molar refractivity (Wildman–Crippen MR) is 47.9 cm³/mol. The highest BCUT2D eigenvalue weighted by molar-refractivity contribution is 5.99. The zero-order valence-electron chi connectivity index (χ0n) is 7.58. The molecule has 5 nitrogen and oxygen atoms in total. The van der Waals surface area contributed by atoms with Crippen molar-refractivity contribution in [2.24, 2.45) is 5.73 Å². The van der Waals surface area contributed by atoms with Gasteiger partial charge in [-0.1, -0.05) is 0 Å². The molecule has 0 aliphatic carbocycles. The average molecular weight is 185 g/mol. The molecule has 0 unspecified atom stereocenters. The van der Waals surface area contributed by atoms with Gasteiger partial charge in [-0.15, -0.1) is 0 Å². The van der Waals surface area contributed by atoms with Crippen molar-refractivity contribution in [2.75, 3.05) is 26.2 Å². The third kappa shape index (κ3) is 3.52. The van der Waals surface area contributed by atoms with Crippen LogP contribution in [0.15, 0.2) is 0 Å². The van der Waals surface area contributed by atoms with E-state index >= 15 is 0 Å². The van der Waals surface area contributed by atoms with Crippen LogP contribution in [0.4, 0.5) is 0 Å². The van der Waals surface area contributed by atoms with Crippen LogP contribution in [0.5, 0.6) is 0 Å². The van der Waals surface area contributed by atoms with Crippen LogP contribution in [-0.2, 0) is 9.59 Å². The third-order valence-corrected chi connectivity index (χ3v) is 1.94. The zero-order chi connectivity index (χ0) is 9.68. The summed E-state index contributed by atoms with van der Waals surface area (Å²) in [6.45, 7) is 2.09. The molecule has 3 N–H and O–H groups in total. The minimum Gasteiger partial charge on any atom is -0.330 e. The molecule has 1 aliphatic rings. The van der Waals surface area contributed by atoms with Gasteiger partial charge in [0.2, 0.25) is 11.8 Å². The lowest BCUT2D eigenvalue weighted by atomic mass is 10.2. The topological polar surface area (TPSA) is 75.4 Å². The van der Waals surface area contributed by atoms with Crippen LogP contribution in [0, 0.1) is 0 Å². The first-order valence-corrected chi connectivity index (χ1v) is 4.47. The number of amides is 2. The van der Waals surface area contributed by atoms with E-state index in [0.29, 0.717) is 19.6 Å². The van der Waals surface area contributed by atoms with E-state index in [4.69, 9.17) is 5.73 Å². The Morgan fingerprint density at radius 2 is 1.85 bits per heavy atom. The summed E-state index contributed by atoms with van der Waals surface area (Å²) < 4.78 is 0. The lowest BCUT2D eigenvalue weighted by Crippen LogP contribution is -2.51. The molecule has 0 aromatic rings. The maximum Gasteiger partial charge on any atom is 0.240 e. The van der Waals surface area contributed by atoms with Gasteiger partial charge < -0.3 is 5.73 Å². The van der Waals surface area contributed by atoms with Gasteiger partial charge >= 0.3 is 0 Å². The molecule has 0 saturated carbocycles. The quantitative estimate of drug-likeness (QED) is 0.421. The molecule has 1 rings (SSSR count). The second kappa shape index (κ2) is 4.94. The summed E-state index contributed by atoms with van der Waals surface area (Å²) in [5, 5.41) is 2.26. The molecular formula is C8H15N3O2. The summed E-state index contributed by atoms with van der Waals surface area (Å²) >= 11 is 0. The van der Waals surface area contributed by atoms with Crippen molar-refractivity contribution in [3.63, 3.8) is 0 Å². The second-order valence-electron chi connectivity index (χ2n) is 3.18. The van der Waals surface area contributed by atoms with E-state index in [-0.39, 0.29) is 11.8 Å². The van der Waals surface area contributed by atoms with Crippen LogP contribution in [0.25, 0.3) is 0 Å². The van der Waals surface area contributed by atoms with Gasteiger partial charge in [0, 0.05) is 0 Å². The van der Waals surface area contributed by atoms with E-state index in [1.807, 2.05) is 4.90 Å². The van der Waals surface area contributed by atoms with Crippen LogP contribution >= 0.6 is 0 Å². The van der Waals surface area contributed by atoms with Crippen molar-refractivity contribution < 1.29 is 9.59 Å². The molecule has 1 saturated heterocycles. The number of rotatable bonds is 4. The molecular weight excluding hydrogens is 170 g/mol. The number of nitrogens with zero attached hydrogens (tertiary/aromatic N) is 1. The Bertz CT molecular complexity index is 190. The first-order valence-electron chi connectivity index (χ1n) is 4.47. The Morgan fingerprint density at radius 1 is 1.23 bits per heavy atom. The van der Waals surface area contributed by atoms with Crippen molar-refractivity contribution >= 4 is 11.8 Å². The summed E-state index contributed by atoms with van der Waals surface area (Å²) in [4.78, 5) is 23.7. The van der Waals surface area contributed by atoms with Crippen molar-refractivity contribution in [3.8, 4) is 0 Å². The van der Waals surface area contributed by atoms with Gasteiger partial charge in [-0.25, -0.2) is 0 Å². The predicted octanol–water partition coefficient (Wildman–Crippen LogP) is -1.32. The normalized spacial score (nSPS) is 18.8. The monoisotopic (exact) mass is 185 g/mol. The number of piperazine rings is 1. The van der Waals surface area contributed by atoms with Crippen LogP contribution < -0.4 is 11.1 Å². The maximum absolute atomic E-state index is 10.9. The summed E-state index contributed by atoms with van der Waals surface area (Å²) in [5.41, 5.74) is 5.33. The standard InChI is InChI=1S/C8H15N3O2/c9-3-1-2-4-11-5-7(12)10-8(13)6-11/h1-6,9H2,(H,10,12,13). The highest BCUT2D eigenvalue weighted by atomic mass is 16.2. The largest absolute Gasteiger partial charge is 0.330 e. The minimum atomic E-state index is -0.205. The first kappa shape index (κ1) is 10.1. The fourth-order valence-electron chi connectivity index (χ4n) is 1.33. The molecule has 13 heavy (non-hydrogen) atoms. The second-order valence-corrected chi connectivity index (χ2v) is 3.18. The number of imide groups is 1. The van der Waals surface area contributed by atoms with Crippen molar-refractivity contribution in [1.29, 1.82) is 0 Å². The van der Waals surface area contributed by atoms with Gasteiger partial charge in [0.1, 0.15) is 0 Å². The van der Waals surface area contributed by atoms with Gasteiger partial charge in [-0.2, -0.15) is 0 Å². The van der Waals surface area contributed by atoms with E-state index < -0.39 is 0 Å². The van der Waals surface area contributed by atoms with Crippen LogP contribution in [0.1, 0.15) is 12.8 Å². The van der Waals surface area contributed by atoms with E-state index in [9.17, 15) is 9.59 Å². The zero-order valence-corrected chi connectivity index (χ0v) is 7.58. The van der Waals surface area contributed by atoms with Crippen LogP contribution in [0.3, 0.4) is 0 Å². The number of nitrogens with two attached hydrogens (primary N) is 1. The number of carbonyl (C=O) groups excluding carboxylic acids is 2. The van der Waals surface area contributed by atoms with Gasteiger partial charge in [0.15, 0.2) is 0 Å². The molecule has 2 amide bonds. The Kier molecular flexibility index (Phi) is 3.85. The molecule has 1 fully saturated rings. The fourth-order valence-corrected chi connectivity index (χ4v) is 1.33. The SMILES string of the molecule is NCCCCN1CC(=O)NC(=O)C1. The number of hydrogen-bond acceptors (Lipinski definition) is 4. The summed E-state index contributed by atoms with van der Waals surface area (Å²) in [7, 11) is 0. The minimum absolute atomic E-state index is 0.205. The Labute approximate surface area is 77.3 Å². The summed E-state index contributed by atoms with van der Waals surface area (Å²) in [6.07, 6.45) is 1.88. The van der Waals surface area contributed by atoms with Crippen LogP contribution in [-0.4, -0.2) is 42.9 Å². The Morgan fingerprint density at radius 3 is 2.38 bits per heavy atom.